The van der Waals surface area contributed by atoms with Crippen molar-refractivity contribution in [2.45, 2.75) is 85.0 Å². The fourth-order valence-corrected chi connectivity index (χ4v) is 5.36. The van der Waals surface area contributed by atoms with E-state index in [4.69, 9.17) is 24.4 Å². The lowest BCUT2D eigenvalue weighted by molar-refractivity contribution is -0.123. The van der Waals surface area contributed by atoms with Crippen LogP contribution in [0.15, 0.2) is 35.3 Å². The summed E-state index contributed by atoms with van der Waals surface area (Å²) in [5.41, 5.74) is 1.75. The van der Waals surface area contributed by atoms with Gasteiger partial charge in [-0.05, 0) is 69.1 Å². The fraction of sp³-hybridized carbons (Fsp3) is 0.545. The Morgan fingerprint density at radius 3 is 2.62 bits per heavy atom. The Kier molecular flexibility index (Phi) is 11.5. The molecule has 14 heteroatoms. The second-order valence-corrected chi connectivity index (χ2v) is 13.1. The maximum Gasteiger partial charge on any atom is 0.407 e. The number of nitrogens with one attached hydrogen (secondary N) is 2. The van der Waals surface area contributed by atoms with E-state index in [1.54, 1.807) is 32.4 Å². The van der Waals surface area contributed by atoms with E-state index in [1.165, 1.54) is 28.7 Å². The van der Waals surface area contributed by atoms with E-state index < -0.39 is 23.6 Å². The van der Waals surface area contributed by atoms with Crippen LogP contribution in [0.1, 0.15) is 76.4 Å². The highest BCUT2D eigenvalue weighted by molar-refractivity contribution is 5.96. The molecule has 254 valence electrons. The fourth-order valence-electron chi connectivity index (χ4n) is 5.36. The van der Waals surface area contributed by atoms with E-state index >= 15 is 0 Å². The van der Waals surface area contributed by atoms with Crippen molar-refractivity contribution in [1.82, 2.24) is 34.3 Å². The molecule has 4 heterocycles. The molecule has 0 bridgehead atoms. The number of carbonyl (C=O) groups excluding carboxylic acids is 3. The molecule has 4 rings (SSSR count). The van der Waals surface area contributed by atoms with Crippen LogP contribution in [-0.4, -0.2) is 80.7 Å². The highest BCUT2D eigenvalue weighted by Gasteiger charge is 2.27. The number of hydrogen-bond acceptors (Lipinski definition) is 9. The number of alkyl carbamates (subject to hydrolysis) is 1. The number of nitrogens with zero attached hydrogens (tertiary/aromatic N) is 6. The summed E-state index contributed by atoms with van der Waals surface area (Å²) in [6.07, 6.45) is 7.50. The average molecular weight is 651 g/mol. The number of methoxy groups -OCH3 is 1. The second kappa shape index (κ2) is 15.3. The summed E-state index contributed by atoms with van der Waals surface area (Å²) < 4.78 is 14.3. The molecule has 3 aromatic rings. The molecule has 0 spiro atoms. The first-order valence-electron chi connectivity index (χ1n) is 15.9. The molecule has 3 aromatic heterocycles. The molecule has 0 aromatic carbocycles. The minimum Gasteiger partial charge on any atom is -0.453 e. The number of imidazole rings is 1. The summed E-state index contributed by atoms with van der Waals surface area (Å²) in [5.74, 6) is 0.430. The largest absolute Gasteiger partial charge is 0.453 e. The highest BCUT2D eigenvalue weighted by Crippen LogP contribution is 2.31. The summed E-state index contributed by atoms with van der Waals surface area (Å²) in [6, 6.07) is 2.14. The first-order chi connectivity index (χ1) is 22.3. The molecular weight excluding hydrogens is 604 g/mol. The van der Waals surface area contributed by atoms with E-state index in [0.717, 1.165) is 25.0 Å². The van der Waals surface area contributed by atoms with Gasteiger partial charge in [0.05, 0.1) is 19.3 Å². The standard InChI is InChI=1S/C33H46N8O6/c1-21-34-24(19-33(2,3)4)28-29(35-21)41(27-16-10-11-18-47-27)25(38-28)20-40-17-12-14-23(31(40)44)36-30(43)22(37-32(45)46-7)13-8-9-15-26(42)39(5)6/h9,12,14-15,17,22,27H,8,10-11,13,16,18-20H2,1-7H3,(H,36,43)(H,37,45)/b15-9+/t22-,27?/m0/s1. The zero-order valence-corrected chi connectivity index (χ0v) is 28.3. The maximum atomic E-state index is 13.7. The number of hydrogen-bond donors (Lipinski definition) is 2. The van der Waals surface area contributed by atoms with Gasteiger partial charge >= 0.3 is 6.09 Å². The quantitative estimate of drug-likeness (QED) is 0.295. The monoisotopic (exact) mass is 650 g/mol. The van der Waals surface area contributed by atoms with Crippen molar-refractivity contribution in [3.8, 4) is 0 Å². The number of anilines is 1. The van der Waals surface area contributed by atoms with Crippen molar-refractivity contribution in [3.05, 3.63) is 58.2 Å². The number of amides is 3. The molecule has 1 aliphatic rings. The molecule has 1 fully saturated rings. The van der Waals surface area contributed by atoms with Gasteiger partial charge in [0.25, 0.3) is 5.56 Å². The third kappa shape index (κ3) is 9.24. The Morgan fingerprint density at radius 2 is 1.96 bits per heavy atom. The van der Waals surface area contributed by atoms with Crippen LogP contribution in [0.2, 0.25) is 0 Å². The van der Waals surface area contributed by atoms with E-state index in [1.807, 2.05) is 11.5 Å². The Balaban J connectivity index is 1.64. The molecule has 1 unspecified atom stereocenters. The zero-order chi connectivity index (χ0) is 34.3. The summed E-state index contributed by atoms with van der Waals surface area (Å²) >= 11 is 0. The van der Waals surface area contributed by atoms with E-state index in [2.05, 4.69) is 31.4 Å². The van der Waals surface area contributed by atoms with Gasteiger partial charge in [0.2, 0.25) is 11.8 Å². The Hall–Kier alpha value is -4.59. The summed E-state index contributed by atoms with van der Waals surface area (Å²) in [4.78, 5) is 66.8. The first kappa shape index (κ1) is 35.3. The maximum absolute atomic E-state index is 13.7. The highest BCUT2D eigenvalue weighted by atomic mass is 16.5. The van der Waals surface area contributed by atoms with Crippen LogP contribution in [0.5, 0.6) is 0 Å². The van der Waals surface area contributed by atoms with Crippen LogP contribution in [0.4, 0.5) is 10.5 Å². The van der Waals surface area contributed by atoms with Crippen LogP contribution >= 0.6 is 0 Å². The molecule has 3 amide bonds. The SMILES string of the molecule is COC(=O)N[C@@H](CC/C=C/C(=O)N(C)C)C(=O)Nc1cccn(Cc2nc3c(CC(C)(C)C)nc(C)nc3n2C2CCCCO2)c1=O. The molecule has 0 aliphatic carbocycles. The van der Waals surface area contributed by atoms with E-state index in [0.29, 0.717) is 42.3 Å². The molecule has 0 radical (unpaired) electrons. The van der Waals surface area contributed by atoms with Gasteiger partial charge < -0.3 is 29.6 Å². The van der Waals surface area contributed by atoms with Crippen LogP contribution < -0.4 is 16.2 Å². The van der Waals surface area contributed by atoms with Gasteiger partial charge in [-0.1, -0.05) is 26.8 Å². The van der Waals surface area contributed by atoms with E-state index in [-0.39, 0.29) is 36.2 Å². The average Bonchev–Trinajstić information content (AvgIpc) is 3.37. The summed E-state index contributed by atoms with van der Waals surface area (Å²) in [6.45, 7) is 9.01. The number of fused-ring (bicyclic) bond motifs is 1. The molecule has 47 heavy (non-hydrogen) atoms. The number of rotatable bonds is 11. The normalized spacial score (nSPS) is 15.9. The van der Waals surface area contributed by atoms with Gasteiger partial charge in [-0.25, -0.2) is 19.7 Å². The molecule has 1 aliphatic heterocycles. The van der Waals surface area contributed by atoms with Crippen LogP contribution in [-0.2, 0) is 32.0 Å². The predicted molar refractivity (Wildman–Crippen MR) is 177 cm³/mol. The minimum absolute atomic E-state index is 0.0353. The third-order valence-corrected chi connectivity index (χ3v) is 7.65. The zero-order valence-electron chi connectivity index (χ0n) is 28.3. The van der Waals surface area contributed by atoms with Gasteiger partial charge in [-0.15, -0.1) is 0 Å². The third-order valence-electron chi connectivity index (χ3n) is 7.65. The lowest BCUT2D eigenvalue weighted by atomic mass is 9.90. The van der Waals surface area contributed by atoms with Crippen molar-refractivity contribution in [2.75, 3.05) is 33.1 Å². The van der Waals surface area contributed by atoms with Crippen molar-refractivity contribution >= 4 is 34.8 Å². The number of pyridine rings is 1. The van der Waals surface area contributed by atoms with Gasteiger partial charge in [-0.2, -0.15) is 0 Å². The molecule has 1 saturated heterocycles. The molecule has 2 N–H and O–H groups in total. The first-order valence-corrected chi connectivity index (χ1v) is 15.9. The van der Waals surface area contributed by atoms with Crippen molar-refractivity contribution < 1.29 is 23.9 Å². The summed E-state index contributed by atoms with van der Waals surface area (Å²) in [7, 11) is 4.46. The van der Waals surface area contributed by atoms with Crippen LogP contribution in [0, 0.1) is 12.3 Å². The topological polar surface area (TPSA) is 163 Å². The Bertz CT molecular complexity index is 1680. The number of aromatic nitrogens is 5. The summed E-state index contributed by atoms with van der Waals surface area (Å²) in [5, 5.41) is 5.17. The van der Waals surface area contributed by atoms with Gasteiger partial charge in [0.1, 0.15) is 35.1 Å². The second-order valence-electron chi connectivity index (χ2n) is 13.1. The number of aryl methyl sites for hydroxylation is 1. The van der Waals surface area contributed by atoms with Crippen molar-refractivity contribution in [3.63, 3.8) is 0 Å². The van der Waals surface area contributed by atoms with Crippen LogP contribution in [0.25, 0.3) is 11.2 Å². The lowest BCUT2D eigenvalue weighted by Crippen LogP contribution is -2.44. The number of carbonyl (C=O) groups is 3. The smallest absolute Gasteiger partial charge is 0.407 e. The minimum atomic E-state index is -1.02. The van der Waals surface area contributed by atoms with Gasteiger partial charge in [0.15, 0.2) is 5.65 Å². The van der Waals surface area contributed by atoms with E-state index in [9.17, 15) is 19.2 Å². The molecule has 14 nitrogen and oxygen atoms in total. The number of likely N-dealkylation sites (N-methyl/N-ethyl adjacent to an activating group) is 1. The van der Waals surface area contributed by atoms with Crippen molar-refractivity contribution in [2.24, 2.45) is 5.41 Å². The number of ether oxygens (including phenoxy) is 2. The molecular formula is C33H46N8O6. The Morgan fingerprint density at radius 1 is 1.19 bits per heavy atom. The number of allylic oxidation sites excluding steroid dienone is 1. The Labute approximate surface area is 274 Å². The van der Waals surface area contributed by atoms with Crippen molar-refractivity contribution in [1.29, 1.82) is 0 Å². The molecule has 0 saturated carbocycles. The predicted octanol–water partition coefficient (Wildman–Crippen LogP) is 3.72. The molecule has 2 atom stereocenters. The van der Waals surface area contributed by atoms with Crippen LogP contribution in [0.3, 0.4) is 0 Å². The van der Waals surface area contributed by atoms with Gasteiger partial charge in [0, 0.05) is 26.9 Å². The lowest BCUT2D eigenvalue weighted by Gasteiger charge is -2.26. The van der Waals surface area contributed by atoms with Gasteiger partial charge in [-0.3, -0.25) is 19.0 Å².